The van der Waals surface area contributed by atoms with Crippen LogP contribution >= 0.6 is 0 Å². The molecule has 3 nitrogen and oxygen atoms in total. The molecule has 1 aromatic rings. The van der Waals surface area contributed by atoms with Crippen LogP contribution in [0.25, 0.3) is 0 Å². The van der Waals surface area contributed by atoms with Gasteiger partial charge in [0, 0.05) is 0 Å². The van der Waals surface area contributed by atoms with Crippen LogP contribution in [0.2, 0.25) is 0 Å². The van der Waals surface area contributed by atoms with Crippen LogP contribution in [0.5, 0.6) is 5.75 Å². The zero-order chi connectivity index (χ0) is 12.3. The largest absolute Gasteiger partial charge is 0.493 e. The maximum Gasteiger partial charge on any atom is 0.306 e. The van der Waals surface area contributed by atoms with Crippen LogP contribution < -0.4 is 4.74 Å². The first-order valence-corrected chi connectivity index (χ1v) is 6.09. The summed E-state index contributed by atoms with van der Waals surface area (Å²) in [4.78, 5) is 10.8. The molecular weight excluding hydrogens is 216 g/mol. The summed E-state index contributed by atoms with van der Waals surface area (Å²) in [6.45, 7) is 2.51. The molecule has 1 N–H and O–H groups in total. The summed E-state index contributed by atoms with van der Waals surface area (Å²) in [5, 5.41) is 8.87. The van der Waals surface area contributed by atoms with Crippen LogP contribution in [0.15, 0.2) is 24.3 Å². The van der Waals surface area contributed by atoms with Crippen LogP contribution in [-0.2, 0) is 11.2 Å². The molecule has 1 aliphatic rings. The second-order valence-electron chi connectivity index (χ2n) is 4.85. The predicted molar refractivity (Wildman–Crippen MR) is 65.2 cm³/mol. The molecule has 0 aromatic heterocycles. The molecule has 1 fully saturated rings. The van der Waals surface area contributed by atoms with Crippen LogP contribution in [0.1, 0.15) is 25.3 Å². The minimum Gasteiger partial charge on any atom is -0.493 e. The van der Waals surface area contributed by atoms with E-state index in [9.17, 15) is 4.79 Å². The quantitative estimate of drug-likeness (QED) is 0.823. The van der Waals surface area contributed by atoms with Crippen molar-refractivity contribution in [1.29, 1.82) is 0 Å². The fraction of sp³-hybridized carbons (Fsp3) is 0.500. The van der Waals surface area contributed by atoms with Crippen LogP contribution in [0, 0.1) is 11.8 Å². The summed E-state index contributed by atoms with van der Waals surface area (Å²) >= 11 is 0. The molecule has 2 rings (SSSR count). The highest BCUT2D eigenvalue weighted by atomic mass is 16.5. The van der Waals surface area contributed by atoms with Gasteiger partial charge in [-0.3, -0.25) is 4.79 Å². The third-order valence-electron chi connectivity index (χ3n) is 3.04. The summed E-state index contributed by atoms with van der Waals surface area (Å²) in [6.07, 6.45) is 3.10. The van der Waals surface area contributed by atoms with Crippen molar-refractivity contribution in [3.05, 3.63) is 29.8 Å². The molecule has 0 unspecified atom stereocenters. The molecule has 0 amide bonds. The first-order valence-electron chi connectivity index (χ1n) is 6.09. The van der Waals surface area contributed by atoms with Gasteiger partial charge in [-0.25, -0.2) is 0 Å². The lowest BCUT2D eigenvalue weighted by atomic mass is 10.0. The van der Waals surface area contributed by atoms with E-state index < -0.39 is 5.97 Å². The third kappa shape index (κ3) is 3.77. The first kappa shape index (κ1) is 12.0. The lowest BCUT2D eigenvalue weighted by Crippen LogP contribution is -2.12. The molecule has 0 radical (unpaired) electrons. The maximum absolute atomic E-state index is 10.8. The Labute approximate surface area is 101 Å². The van der Waals surface area contributed by atoms with Crippen molar-refractivity contribution >= 4 is 5.97 Å². The molecule has 0 saturated heterocycles. The number of hydrogen-bond acceptors (Lipinski definition) is 2. The van der Waals surface area contributed by atoms with Gasteiger partial charge >= 0.3 is 5.97 Å². The molecule has 1 aliphatic carbocycles. The van der Waals surface area contributed by atoms with Crippen LogP contribution in [0.3, 0.4) is 0 Å². The summed E-state index contributed by atoms with van der Waals surface area (Å²) in [6, 6.07) is 7.74. The zero-order valence-electron chi connectivity index (χ0n) is 10.1. The highest BCUT2D eigenvalue weighted by Gasteiger charge is 2.21. The van der Waals surface area contributed by atoms with Gasteiger partial charge in [0.25, 0.3) is 0 Å². The Morgan fingerprint density at radius 1 is 1.53 bits per heavy atom. The lowest BCUT2D eigenvalue weighted by Gasteiger charge is -2.09. The summed E-state index contributed by atoms with van der Waals surface area (Å²) in [5.74, 6) is 0.478. The fourth-order valence-corrected chi connectivity index (χ4v) is 1.70. The van der Waals surface area contributed by atoms with Crippen LogP contribution in [-0.4, -0.2) is 17.7 Å². The number of hydrogen-bond donors (Lipinski definition) is 1. The van der Waals surface area contributed by atoms with Crippen molar-refractivity contribution in [2.45, 2.75) is 26.2 Å². The Hall–Kier alpha value is -1.51. The van der Waals surface area contributed by atoms with Gasteiger partial charge < -0.3 is 9.84 Å². The van der Waals surface area contributed by atoms with Gasteiger partial charge in [0.05, 0.1) is 12.5 Å². The SMILES string of the molecule is C[C@@H](Cc1cccc(OCC2CC2)c1)C(=O)O. The van der Waals surface area contributed by atoms with E-state index in [-0.39, 0.29) is 5.92 Å². The van der Waals surface area contributed by atoms with Crippen molar-refractivity contribution in [3.63, 3.8) is 0 Å². The van der Waals surface area contributed by atoms with Crippen molar-refractivity contribution in [2.75, 3.05) is 6.61 Å². The lowest BCUT2D eigenvalue weighted by molar-refractivity contribution is -0.141. The van der Waals surface area contributed by atoms with E-state index in [0.29, 0.717) is 6.42 Å². The second kappa shape index (κ2) is 5.21. The Kier molecular flexibility index (Phi) is 3.67. The Morgan fingerprint density at radius 2 is 2.29 bits per heavy atom. The van der Waals surface area contributed by atoms with Crippen LogP contribution in [0.4, 0.5) is 0 Å². The van der Waals surface area contributed by atoms with E-state index in [2.05, 4.69) is 0 Å². The maximum atomic E-state index is 10.8. The fourth-order valence-electron chi connectivity index (χ4n) is 1.70. The van der Waals surface area contributed by atoms with E-state index in [1.807, 2.05) is 24.3 Å². The molecule has 1 aromatic carbocycles. The molecule has 3 heteroatoms. The zero-order valence-corrected chi connectivity index (χ0v) is 10.1. The summed E-state index contributed by atoms with van der Waals surface area (Å²) in [5.41, 5.74) is 1.02. The van der Waals surface area contributed by atoms with E-state index in [0.717, 1.165) is 23.8 Å². The molecule has 0 bridgehead atoms. The monoisotopic (exact) mass is 234 g/mol. The third-order valence-corrected chi connectivity index (χ3v) is 3.04. The number of ether oxygens (including phenoxy) is 1. The molecule has 17 heavy (non-hydrogen) atoms. The van der Waals surface area contributed by atoms with E-state index in [1.54, 1.807) is 6.92 Å². The van der Waals surface area contributed by atoms with Crippen molar-refractivity contribution in [3.8, 4) is 5.75 Å². The highest BCUT2D eigenvalue weighted by molar-refractivity contribution is 5.69. The first-order chi connectivity index (χ1) is 8.15. The predicted octanol–water partition coefficient (Wildman–Crippen LogP) is 2.74. The smallest absolute Gasteiger partial charge is 0.306 e. The molecule has 0 aliphatic heterocycles. The number of benzene rings is 1. The topological polar surface area (TPSA) is 46.5 Å². The Bertz CT molecular complexity index is 396. The summed E-state index contributed by atoms with van der Waals surface area (Å²) in [7, 11) is 0. The number of carboxylic acids is 1. The Balaban J connectivity index is 1.92. The number of rotatable bonds is 6. The van der Waals surface area contributed by atoms with E-state index >= 15 is 0 Å². The average molecular weight is 234 g/mol. The van der Waals surface area contributed by atoms with E-state index in [1.165, 1.54) is 12.8 Å². The Morgan fingerprint density at radius 3 is 2.94 bits per heavy atom. The van der Waals surface area contributed by atoms with Gasteiger partial charge in [0.1, 0.15) is 5.75 Å². The minimum absolute atomic E-state index is 0.353. The number of carboxylic acid groups (broad SMARTS) is 1. The van der Waals surface area contributed by atoms with Crippen molar-refractivity contribution in [1.82, 2.24) is 0 Å². The summed E-state index contributed by atoms with van der Waals surface area (Å²) < 4.78 is 5.67. The normalized spacial score (nSPS) is 16.5. The van der Waals surface area contributed by atoms with Gasteiger partial charge in [-0.05, 0) is 42.9 Å². The minimum atomic E-state index is -0.755. The molecular formula is C14H18O3. The molecule has 92 valence electrons. The van der Waals surface area contributed by atoms with Crippen molar-refractivity contribution < 1.29 is 14.6 Å². The highest BCUT2D eigenvalue weighted by Crippen LogP contribution is 2.29. The second-order valence-corrected chi connectivity index (χ2v) is 4.85. The molecule has 1 atom stereocenters. The van der Waals surface area contributed by atoms with Gasteiger partial charge in [0.15, 0.2) is 0 Å². The van der Waals surface area contributed by atoms with Gasteiger partial charge in [-0.2, -0.15) is 0 Å². The van der Waals surface area contributed by atoms with Gasteiger partial charge in [0.2, 0.25) is 0 Å². The van der Waals surface area contributed by atoms with Gasteiger partial charge in [-0.15, -0.1) is 0 Å². The van der Waals surface area contributed by atoms with Gasteiger partial charge in [-0.1, -0.05) is 19.1 Å². The standard InChI is InChI=1S/C14H18O3/c1-10(14(15)16)7-12-3-2-4-13(8-12)17-9-11-5-6-11/h2-4,8,10-11H,5-7,9H2,1H3,(H,15,16)/t10-/m0/s1. The number of carbonyl (C=O) groups is 1. The molecule has 0 heterocycles. The number of aliphatic carboxylic acids is 1. The molecule has 1 saturated carbocycles. The average Bonchev–Trinajstić information content (AvgIpc) is 3.10. The molecule has 0 spiro atoms. The van der Waals surface area contributed by atoms with Crippen molar-refractivity contribution in [2.24, 2.45) is 11.8 Å². The van der Waals surface area contributed by atoms with E-state index in [4.69, 9.17) is 9.84 Å².